The van der Waals surface area contributed by atoms with Crippen molar-refractivity contribution in [3.05, 3.63) is 65.4 Å². The zero-order valence-electron chi connectivity index (χ0n) is 14.1. The summed E-state index contributed by atoms with van der Waals surface area (Å²) in [5.74, 6) is -0.400. The fourth-order valence-corrected chi connectivity index (χ4v) is 3.61. The van der Waals surface area contributed by atoms with Crippen LogP contribution < -0.4 is 4.90 Å². The highest BCUT2D eigenvalue weighted by molar-refractivity contribution is 6.30. The van der Waals surface area contributed by atoms with Gasteiger partial charge in [-0.05, 0) is 36.4 Å². The van der Waals surface area contributed by atoms with Crippen LogP contribution in [-0.4, -0.2) is 42.2 Å². The third kappa shape index (κ3) is 3.28. The number of benzene rings is 2. The number of aliphatic carboxylic acids is 1. The van der Waals surface area contributed by atoms with Crippen LogP contribution in [0, 0.1) is 0 Å². The Labute approximate surface area is 156 Å². The van der Waals surface area contributed by atoms with E-state index in [1.165, 1.54) is 0 Å². The number of halogens is 1. The van der Waals surface area contributed by atoms with Gasteiger partial charge in [-0.2, -0.15) is 0 Å². The molecule has 1 aliphatic rings. The molecule has 4 rings (SSSR count). The molecular formula is C20H19ClN2O3. The summed E-state index contributed by atoms with van der Waals surface area (Å²) in [6.07, 6.45) is 0. The topological polar surface area (TPSA) is 56.9 Å². The number of hydrogen-bond donors (Lipinski definition) is 1. The van der Waals surface area contributed by atoms with Crippen LogP contribution in [0.2, 0.25) is 5.02 Å². The normalized spacial score (nSPS) is 16.7. The maximum atomic E-state index is 11.9. The fourth-order valence-electron chi connectivity index (χ4n) is 3.49. The Balaban J connectivity index is 1.52. The molecule has 26 heavy (non-hydrogen) atoms. The van der Waals surface area contributed by atoms with Crippen molar-refractivity contribution in [3.63, 3.8) is 0 Å². The summed E-state index contributed by atoms with van der Waals surface area (Å²) >= 11 is 5.95. The number of carboxylic acid groups (broad SMARTS) is 1. The maximum Gasteiger partial charge on any atom is 0.328 e. The minimum absolute atomic E-state index is 0.485. The largest absolute Gasteiger partial charge is 0.480 e. The van der Waals surface area contributed by atoms with E-state index >= 15 is 0 Å². The third-order valence-electron chi connectivity index (χ3n) is 4.82. The molecule has 2 heterocycles. The molecular weight excluding hydrogens is 352 g/mol. The van der Waals surface area contributed by atoms with E-state index in [2.05, 4.69) is 4.90 Å². The number of nitrogens with zero attached hydrogens (tertiary/aromatic N) is 2. The van der Waals surface area contributed by atoms with Gasteiger partial charge in [0.25, 0.3) is 0 Å². The van der Waals surface area contributed by atoms with Crippen LogP contribution >= 0.6 is 11.6 Å². The highest BCUT2D eigenvalue weighted by atomic mass is 35.5. The zero-order valence-corrected chi connectivity index (χ0v) is 14.9. The van der Waals surface area contributed by atoms with Crippen molar-refractivity contribution in [2.24, 2.45) is 0 Å². The van der Waals surface area contributed by atoms with Crippen LogP contribution in [0.3, 0.4) is 0 Å². The molecule has 134 valence electrons. The van der Waals surface area contributed by atoms with Crippen LogP contribution in [0.1, 0.15) is 11.8 Å². The first-order chi connectivity index (χ1) is 12.6. The first kappa shape index (κ1) is 16.9. The second-order valence-electron chi connectivity index (χ2n) is 6.43. The quantitative estimate of drug-likeness (QED) is 0.751. The summed E-state index contributed by atoms with van der Waals surface area (Å²) in [4.78, 5) is 16.1. The van der Waals surface area contributed by atoms with Gasteiger partial charge < -0.3 is 14.4 Å². The molecule has 1 aromatic heterocycles. The first-order valence-corrected chi connectivity index (χ1v) is 8.95. The lowest BCUT2D eigenvalue weighted by Gasteiger charge is -2.38. The van der Waals surface area contributed by atoms with Crippen molar-refractivity contribution in [3.8, 4) is 0 Å². The molecule has 0 amide bonds. The van der Waals surface area contributed by atoms with Crippen molar-refractivity contribution in [2.75, 3.05) is 31.1 Å². The lowest BCUT2D eigenvalue weighted by molar-refractivity contribution is -0.144. The van der Waals surface area contributed by atoms with E-state index in [0.29, 0.717) is 29.5 Å². The fraction of sp³-hybridized carbons (Fsp3) is 0.250. The molecule has 0 unspecified atom stereocenters. The molecule has 6 heteroatoms. The number of fused-ring (bicyclic) bond motifs is 1. The van der Waals surface area contributed by atoms with Gasteiger partial charge in [0.05, 0.1) is 0 Å². The number of para-hydroxylation sites is 1. The Morgan fingerprint density at radius 3 is 2.38 bits per heavy atom. The van der Waals surface area contributed by atoms with Gasteiger partial charge in [0.1, 0.15) is 11.3 Å². The number of carbonyl (C=O) groups is 1. The molecule has 0 radical (unpaired) electrons. The zero-order chi connectivity index (χ0) is 18.1. The van der Waals surface area contributed by atoms with Crippen molar-refractivity contribution >= 4 is 34.2 Å². The number of hydrogen-bond acceptors (Lipinski definition) is 4. The van der Waals surface area contributed by atoms with Crippen LogP contribution in [0.15, 0.2) is 59.0 Å². The Morgan fingerprint density at radius 1 is 1.04 bits per heavy atom. The number of rotatable bonds is 4. The molecule has 1 atom stereocenters. The summed E-state index contributed by atoms with van der Waals surface area (Å²) in [6, 6.07) is 16.4. The maximum absolute atomic E-state index is 11.9. The molecule has 0 bridgehead atoms. The average Bonchev–Trinajstić information content (AvgIpc) is 3.06. The Kier molecular flexibility index (Phi) is 4.57. The summed E-state index contributed by atoms with van der Waals surface area (Å²) in [7, 11) is 0. The first-order valence-electron chi connectivity index (χ1n) is 8.58. The number of anilines is 1. The molecule has 0 spiro atoms. The van der Waals surface area contributed by atoms with E-state index in [0.717, 1.165) is 24.2 Å². The third-order valence-corrected chi connectivity index (χ3v) is 5.07. The van der Waals surface area contributed by atoms with E-state index < -0.39 is 12.0 Å². The van der Waals surface area contributed by atoms with Crippen LogP contribution in [-0.2, 0) is 4.79 Å². The van der Waals surface area contributed by atoms with E-state index in [4.69, 9.17) is 16.0 Å². The molecule has 3 aromatic rings. The standard InChI is InChI=1S/C20H19ClN2O3/c21-15-5-7-16(8-6-15)22-9-11-23(12-10-22)19(20(24)25)18-13-14-3-1-2-4-17(14)26-18/h1-8,13,19H,9-12H2,(H,24,25)/t19-/m1/s1. The van der Waals surface area contributed by atoms with E-state index in [-0.39, 0.29) is 0 Å². The second-order valence-corrected chi connectivity index (χ2v) is 6.86. The Hall–Kier alpha value is -2.50. The van der Waals surface area contributed by atoms with Gasteiger partial charge in [0, 0.05) is 42.3 Å². The molecule has 0 saturated carbocycles. The van der Waals surface area contributed by atoms with Crippen molar-refractivity contribution in [2.45, 2.75) is 6.04 Å². The summed E-state index contributed by atoms with van der Waals surface area (Å²) in [6.45, 7) is 2.81. The van der Waals surface area contributed by atoms with Crippen molar-refractivity contribution in [1.29, 1.82) is 0 Å². The molecule has 1 saturated heterocycles. The molecule has 0 aliphatic carbocycles. The highest BCUT2D eigenvalue weighted by Crippen LogP contribution is 2.29. The minimum Gasteiger partial charge on any atom is -0.480 e. The molecule has 5 nitrogen and oxygen atoms in total. The van der Waals surface area contributed by atoms with E-state index in [1.54, 1.807) is 0 Å². The monoisotopic (exact) mass is 370 g/mol. The Morgan fingerprint density at radius 2 is 1.73 bits per heavy atom. The average molecular weight is 371 g/mol. The number of carboxylic acids is 1. The van der Waals surface area contributed by atoms with Crippen LogP contribution in [0.4, 0.5) is 5.69 Å². The second kappa shape index (κ2) is 7.02. The Bertz CT molecular complexity index is 881. The summed E-state index contributed by atoms with van der Waals surface area (Å²) in [5, 5.41) is 11.4. The highest BCUT2D eigenvalue weighted by Gasteiger charge is 2.33. The van der Waals surface area contributed by atoms with Crippen molar-refractivity contribution < 1.29 is 14.3 Å². The summed E-state index contributed by atoms with van der Waals surface area (Å²) < 4.78 is 5.82. The van der Waals surface area contributed by atoms with Crippen LogP contribution in [0.5, 0.6) is 0 Å². The lowest BCUT2D eigenvalue weighted by atomic mass is 10.1. The van der Waals surface area contributed by atoms with Gasteiger partial charge in [-0.3, -0.25) is 9.69 Å². The van der Waals surface area contributed by atoms with Gasteiger partial charge in [0.15, 0.2) is 6.04 Å². The van der Waals surface area contributed by atoms with Crippen LogP contribution in [0.25, 0.3) is 11.0 Å². The van der Waals surface area contributed by atoms with E-state index in [9.17, 15) is 9.90 Å². The van der Waals surface area contributed by atoms with Gasteiger partial charge in [-0.15, -0.1) is 0 Å². The van der Waals surface area contributed by atoms with Gasteiger partial charge in [-0.1, -0.05) is 29.8 Å². The predicted molar refractivity (Wildman–Crippen MR) is 102 cm³/mol. The number of piperazine rings is 1. The molecule has 1 aliphatic heterocycles. The lowest BCUT2D eigenvalue weighted by Crippen LogP contribution is -2.49. The SMILES string of the molecule is O=C(O)[C@@H](c1cc2ccccc2o1)N1CCN(c2ccc(Cl)cc2)CC1. The predicted octanol–water partition coefficient (Wildman–Crippen LogP) is 4.03. The van der Waals surface area contributed by atoms with Gasteiger partial charge >= 0.3 is 5.97 Å². The van der Waals surface area contributed by atoms with E-state index in [1.807, 2.05) is 59.5 Å². The molecule has 1 N–H and O–H groups in total. The smallest absolute Gasteiger partial charge is 0.328 e. The van der Waals surface area contributed by atoms with Gasteiger partial charge in [0.2, 0.25) is 0 Å². The molecule has 2 aromatic carbocycles. The van der Waals surface area contributed by atoms with Crippen molar-refractivity contribution in [1.82, 2.24) is 4.90 Å². The minimum atomic E-state index is -0.885. The molecule has 1 fully saturated rings. The number of furan rings is 1. The van der Waals surface area contributed by atoms with Gasteiger partial charge in [-0.25, -0.2) is 0 Å². The summed E-state index contributed by atoms with van der Waals surface area (Å²) in [5.41, 5.74) is 1.82.